The first-order valence-electron chi connectivity index (χ1n) is 6.84. The smallest absolute Gasteiger partial charge is 0.163 e. The van der Waals surface area contributed by atoms with Crippen LogP contribution in [0.1, 0.15) is 41.6 Å². The van der Waals surface area contributed by atoms with Crippen LogP contribution in [0.25, 0.3) is 0 Å². The van der Waals surface area contributed by atoms with Crippen molar-refractivity contribution in [2.75, 3.05) is 0 Å². The molecule has 0 fully saturated rings. The molecule has 0 N–H and O–H groups in total. The highest BCUT2D eigenvalue weighted by molar-refractivity contribution is 5.98. The lowest BCUT2D eigenvalue weighted by molar-refractivity contribution is -0.120. The lowest BCUT2D eigenvalue weighted by Crippen LogP contribution is -2.11. The maximum atomic E-state index is 12.1. The van der Waals surface area contributed by atoms with Crippen LogP contribution in [-0.2, 0) is 4.79 Å². The molecular weight excluding hydrogens is 248 g/mol. The number of carbonyl (C=O) groups excluding carboxylic acids is 2. The number of ketones is 2. The summed E-state index contributed by atoms with van der Waals surface area (Å²) in [7, 11) is 0. The molecule has 0 spiro atoms. The molecule has 0 radical (unpaired) electrons. The highest BCUT2D eigenvalue weighted by Crippen LogP contribution is 2.18. The second-order valence-electron chi connectivity index (χ2n) is 4.89. The molecular formula is C18H18O2. The number of rotatable bonds is 6. The number of carbonyl (C=O) groups is 2. The Labute approximate surface area is 119 Å². The van der Waals surface area contributed by atoms with Crippen molar-refractivity contribution in [3.05, 3.63) is 71.8 Å². The lowest BCUT2D eigenvalue weighted by atomic mass is 9.93. The van der Waals surface area contributed by atoms with Crippen molar-refractivity contribution < 1.29 is 9.59 Å². The summed E-state index contributed by atoms with van der Waals surface area (Å²) in [5.41, 5.74) is 1.68. The molecule has 2 nitrogen and oxygen atoms in total. The zero-order chi connectivity index (χ0) is 14.4. The number of hydrogen-bond donors (Lipinski definition) is 0. The summed E-state index contributed by atoms with van der Waals surface area (Å²) >= 11 is 0. The van der Waals surface area contributed by atoms with Gasteiger partial charge >= 0.3 is 0 Å². The van der Waals surface area contributed by atoms with Crippen molar-refractivity contribution >= 4 is 11.6 Å². The fourth-order valence-electron chi connectivity index (χ4n) is 2.15. The highest BCUT2D eigenvalue weighted by Gasteiger charge is 2.16. The average molecular weight is 266 g/mol. The third kappa shape index (κ3) is 3.64. The SMILES string of the molecule is CC(C(=O)CCC(=O)c1ccccc1)c1ccccc1. The largest absolute Gasteiger partial charge is 0.299 e. The zero-order valence-corrected chi connectivity index (χ0v) is 11.6. The van der Waals surface area contributed by atoms with E-state index in [1.807, 2.05) is 55.5 Å². The molecule has 0 aliphatic carbocycles. The van der Waals surface area contributed by atoms with Crippen LogP contribution < -0.4 is 0 Å². The summed E-state index contributed by atoms with van der Waals surface area (Å²) < 4.78 is 0. The molecule has 0 heterocycles. The fourth-order valence-corrected chi connectivity index (χ4v) is 2.15. The predicted molar refractivity (Wildman–Crippen MR) is 79.9 cm³/mol. The van der Waals surface area contributed by atoms with Gasteiger partial charge in [-0.1, -0.05) is 67.6 Å². The average Bonchev–Trinajstić information content (AvgIpc) is 2.53. The van der Waals surface area contributed by atoms with E-state index in [0.29, 0.717) is 12.0 Å². The van der Waals surface area contributed by atoms with E-state index in [0.717, 1.165) is 5.56 Å². The van der Waals surface area contributed by atoms with Crippen LogP contribution in [-0.4, -0.2) is 11.6 Å². The molecule has 2 aromatic carbocycles. The van der Waals surface area contributed by atoms with Gasteiger partial charge in [0, 0.05) is 24.3 Å². The minimum Gasteiger partial charge on any atom is -0.299 e. The Morgan fingerprint density at radius 1 is 0.850 bits per heavy atom. The van der Waals surface area contributed by atoms with Gasteiger partial charge in [-0.3, -0.25) is 9.59 Å². The third-order valence-electron chi connectivity index (χ3n) is 3.48. The Morgan fingerprint density at radius 2 is 1.40 bits per heavy atom. The maximum Gasteiger partial charge on any atom is 0.163 e. The van der Waals surface area contributed by atoms with Gasteiger partial charge in [0.25, 0.3) is 0 Å². The molecule has 0 aromatic heterocycles. The van der Waals surface area contributed by atoms with Crippen LogP contribution in [0.4, 0.5) is 0 Å². The van der Waals surface area contributed by atoms with E-state index >= 15 is 0 Å². The molecule has 1 atom stereocenters. The number of Topliss-reactive ketones (excluding diaryl/α,β-unsaturated/α-hetero) is 2. The molecule has 0 aliphatic rings. The Bertz CT molecular complexity index is 573. The third-order valence-corrected chi connectivity index (χ3v) is 3.48. The topological polar surface area (TPSA) is 34.1 Å². The van der Waals surface area contributed by atoms with Crippen molar-refractivity contribution in [2.24, 2.45) is 0 Å². The van der Waals surface area contributed by atoms with Gasteiger partial charge in [0.05, 0.1) is 0 Å². The van der Waals surface area contributed by atoms with Crippen LogP contribution in [0, 0.1) is 0 Å². The molecule has 0 aliphatic heterocycles. The van der Waals surface area contributed by atoms with E-state index in [1.165, 1.54) is 0 Å². The van der Waals surface area contributed by atoms with E-state index in [1.54, 1.807) is 12.1 Å². The Morgan fingerprint density at radius 3 is 2.00 bits per heavy atom. The normalized spacial score (nSPS) is 11.8. The standard InChI is InChI=1S/C18H18O2/c1-14(15-8-4-2-5-9-15)17(19)12-13-18(20)16-10-6-3-7-11-16/h2-11,14H,12-13H2,1H3. The molecule has 0 saturated carbocycles. The predicted octanol–water partition coefficient (Wildman–Crippen LogP) is 4.02. The fraction of sp³-hybridized carbons (Fsp3) is 0.222. The van der Waals surface area contributed by atoms with Gasteiger partial charge in [-0.25, -0.2) is 0 Å². The van der Waals surface area contributed by atoms with Crippen LogP contribution in [0.5, 0.6) is 0 Å². The first-order chi connectivity index (χ1) is 9.68. The van der Waals surface area contributed by atoms with Gasteiger partial charge in [-0.05, 0) is 5.56 Å². The molecule has 0 bridgehead atoms. The summed E-state index contributed by atoms with van der Waals surface area (Å²) in [6.45, 7) is 1.89. The van der Waals surface area contributed by atoms with Crippen LogP contribution >= 0.6 is 0 Å². The van der Waals surface area contributed by atoms with Crippen molar-refractivity contribution in [1.82, 2.24) is 0 Å². The first kappa shape index (κ1) is 14.2. The van der Waals surface area contributed by atoms with Gasteiger partial charge in [0.15, 0.2) is 5.78 Å². The van der Waals surface area contributed by atoms with Crippen LogP contribution in [0.2, 0.25) is 0 Å². The van der Waals surface area contributed by atoms with Crippen molar-refractivity contribution in [3.63, 3.8) is 0 Å². The lowest BCUT2D eigenvalue weighted by Gasteiger charge is -2.10. The van der Waals surface area contributed by atoms with E-state index in [-0.39, 0.29) is 23.9 Å². The summed E-state index contributed by atoms with van der Waals surface area (Å²) in [6.07, 6.45) is 0.573. The summed E-state index contributed by atoms with van der Waals surface area (Å²) in [4.78, 5) is 24.1. The molecule has 20 heavy (non-hydrogen) atoms. The van der Waals surface area contributed by atoms with Gasteiger partial charge < -0.3 is 0 Å². The second kappa shape index (κ2) is 6.80. The van der Waals surface area contributed by atoms with Gasteiger partial charge in [-0.15, -0.1) is 0 Å². The quantitative estimate of drug-likeness (QED) is 0.740. The number of benzene rings is 2. The minimum atomic E-state index is -0.153. The van der Waals surface area contributed by atoms with Crippen LogP contribution in [0.3, 0.4) is 0 Å². The number of hydrogen-bond acceptors (Lipinski definition) is 2. The van der Waals surface area contributed by atoms with Crippen LogP contribution in [0.15, 0.2) is 60.7 Å². The van der Waals surface area contributed by atoms with Crippen molar-refractivity contribution in [3.8, 4) is 0 Å². The van der Waals surface area contributed by atoms with E-state index in [2.05, 4.69) is 0 Å². The summed E-state index contributed by atoms with van der Waals surface area (Å²) in [5, 5.41) is 0. The molecule has 0 saturated heterocycles. The van der Waals surface area contributed by atoms with E-state index in [9.17, 15) is 9.59 Å². The van der Waals surface area contributed by atoms with Crippen molar-refractivity contribution in [1.29, 1.82) is 0 Å². The van der Waals surface area contributed by atoms with Crippen molar-refractivity contribution in [2.45, 2.75) is 25.7 Å². The summed E-state index contributed by atoms with van der Waals surface area (Å²) in [5.74, 6) is -0.0144. The molecule has 0 amide bonds. The first-order valence-corrected chi connectivity index (χ1v) is 6.84. The van der Waals surface area contributed by atoms with Gasteiger partial charge in [0.2, 0.25) is 0 Å². The second-order valence-corrected chi connectivity index (χ2v) is 4.89. The molecule has 2 aromatic rings. The zero-order valence-electron chi connectivity index (χ0n) is 11.6. The summed E-state index contributed by atoms with van der Waals surface area (Å²) in [6, 6.07) is 18.8. The molecule has 1 unspecified atom stereocenters. The Kier molecular flexibility index (Phi) is 4.83. The molecule has 2 rings (SSSR count). The van der Waals surface area contributed by atoms with Gasteiger partial charge in [-0.2, -0.15) is 0 Å². The van der Waals surface area contributed by atoms with Gasteiger partial charge in [0.1, 0.15) is 5.78 Å². The van der Waals surface area contributed by atoms with E-state index < -0.39 is 0 Å². The molecule has 102 valence electrons. The Hall–Kier alpha value is -2.22. The van der Waals surface area contributed by atoms with E-state index in [4.69, 9.17) is 0 Å². The molecule has 2 heteroatoms. The monoisotopic (exact) mass is 266 g/mol. The maximum absolute atomic E-state index is 12.1. The Balaban J connectivity index is 1.91. The highest BCUT2D eigenvalue weighted by atomic mass is 16.1. The minimum absolute atomic E-state index is 0.0270.